The van der Waals surface area contributed by atoms with Crippen LogP contribution in [0.3, 0.4) is 0 Å². The maximum absolute atomic E-state index is 12.5. The molecule has 13 heteroatoms. The summed E-state index contributed by atoms with van der Waals surface area (Å²) in [5, 5.41) is 14.7. The monoisotopic (exact) mass is 668 g/mol. The van der Waals surface area contributed by atoms with Crippen molar-refractivity contribution in [2.45, 2.75) is 56.4 Å². The van der Waals surface area contributed by atoms with Crippen molar-refractivity contribution >= 4 is 33.3 Å². The summed E-state index contributed by atoms with van der Waals surface area (Å²) in [6.07, 6.45) is 7.82. The van der Waals surface area contributed by atoms with E-state index in [0.717, 1.165) is 64.4 Å². The number of aromatic nitrogens is 4. The zero-order chi connectivity index (χ0) is 33.5. The first-order valence-electron chi connectivity index (χ1n) is 16.2. The molecule has 3 aromatic heterocycles. The van der Waals surface area contributed by atoms with Gasteiger partial charge in [-0.15, -0.1) is 0 Å². The molecule has 0 aliphatic heterocycles. The smallest absolute Gasteiger partial charge is 0.328 e. The van der Waals surface area contributed by atoms with Crippen LogP contribution in [0.25, 0.3) is 28.0 Å². The molecule has 3 heterocycles. The number of carbonyl (C=O) groups is 1. The van der Waals surface area contributed by atoms with E-state index >= 15 is 0 Å². The second-order valence-electron chi connectivity index (χ2n) is 11.9. The number of anilines is 2. The number of methoxy groups -OCH3 is 1. The quantitative estimate of drug-likeness (QED) is 0.111. The molecule has 250 valence electrons. The highest BCUT2D eigenvalue weighted by Gasteiger charge is 2.21. The van der Waals surface area contributed by atoms with E-state index in [1.807, 2.05) is 60.0 Å². The number of benzene rings is 2. The van der Waals surface area contributed by atoms with Gasteiger partial charge in [0.05, 0.1) is 28.8 Å². The Hall–Kier alpha value is -5.17. The number of hydrogen-bond acceptors (Lipinski definition) is 9. The molecule has 1 aliphatic rings. The van der Waals surface area contributed by atoms with Crippen LogP contribution in [0.2, 0.25) is 0 Å². The van der Waals surface area contributed by atoms with Crippen LogP contribution in [0.4, 0.5) is 16.6 Å². The van der Waals surface area contributed by atoms with Gasteiger partial charge in [0.25, 0.3) is 10.0 Å². The molecule has 0 radical (unpaired) electrons. The fourth-order valence-electron chi connectivity index (χ4n) is 5.83. The highest BCUT2D eigenvalue weighted by Crippen LogP contribution is 2.36. The van der Waals surface area contributed by atoms with Crippen LogP contribution in [0.5, 0.6) is 5.75 Å². The number of nitrogens with one attached hydrogen (secondary N) is 4. The normalized spacial score (nSPS) is 13.4. The van der Waals surface area contributed by atoms with Crippen molar-refractivity contribution in [3.05, 3.63) is 84.6 Å². The minimum Gasteiger partial charge on any atom is -0.497 e. The predicted molar refractivity (Wildman–Crippen MR) is 187 cm³/mol. The first-order valence-corrected chi connectivity index (χ1v) is 17.7. The maximum atomic E-state index is 12.5. The number of hydrogen-bond donors (Lipinski definition) is 4. The molecule has 48 heavy (non-hydrogen) atoms. The van der Waals surface area contributed by atoms with E-state index in [1.165, 1.54) is 25.0 Å². The number of carbonyl (C=O) groups excluding carboxylic acids is 1. The van der Waals surface area contributed by atoms with Gasteiger partial charge < -0.3 is 20.7 Å². The third-order valence-electron chi connectivity index (χ3n) is 8.37. The minimum absolute atomic E-state index is 0.0412. The van der Waals surface area contributed by atoms with Gasteiger partial charge in [-0.25, -0.2) is 32.4 Å². The number of urea groups is 1. The number of aryl methyl sites for hydroxylation is 1. The Balaban J connectivity index is 1.14. The molecule has 0 spiro atoms. The molecule has 2 amide bonds. The summed E-state index contributed by atoms with van der Waals surface area (Å²) in [5.74, 6) is 2.18. The van der Waals surface area contributed by atoms with Gasteiger partial charge in [0.1, 0.15) is 17.3 Å². The topological polar surface area (TPSA) is 152 Å². The fraction of sp³-hybridized carbons (Fsp3) is 0.314. The molecule has 1 aliphatic carbocycles. The zero-order valence-electron chi connectivity index (χ0n) is 27.1. The van der Waals surface area contributed by atoms with Crippen LogP contribution >= 0.6 is 0 Å². The Kier molecular flexibility index (Phi) is 10.0. The van der Waals surface area contributed by atoms with Crippen LogP contribution < -0.4 is 25.4 Å². The minimum atomic E-state index is -3.94. The Morgan fingerprint density at radius 2 is 1.71 bits per heavy atom. The molecule has 0 atom stereocenters. The molecule has 1 fully saturated rings. The SMILES string of the molecule is COc1ccc(-c2nn3c(NCCCCNC(=O)NS(=O)(=O)c4ccc(C)cc4)cccc3c2-c2ccnc(NC3CCCC3)n2)cc1. The van der Waals surface area contributed by atoms with E-state index in [1.54, 1.807) is 25.4 Å². The first-order chi connectivity index (χ1) is 23.3. The van der Waals surface area contributed by atoms with Gasteiger partial charge in [0, 0.05) is 30.9 Å². The number of pyridine rings is 1. The molecular formula is C35H40N8O4S. The van der Waals surface area contributed by atoms with Crippen molar-refractivity contribution in [1.29, 1.82) is 0 Å². The van der Waals surface area contributed by atoms with Gasteiger partial charge in [-0.2, -0.15) is 5.10 Å². The van der Waals surface area contributed by atoms with Gasteiger partial charge in [-0.1, -0.05) is 36.6 Å². The van der Waals surface area contributed by atoms with E-state index < -0.39 is 16.1 Å². The second-order valence-corrected chi connectivity index (χ2v) is 13.5. The summed E-state index contributed by atoms with van der Waals surface area (Å²) in [6, 6.07) is 21.7. The summed E-state index contributed by atoms with van der Waals surface area (Å²) in [6.45, 7) is 2.79. The van der Waals surface area contributed by atoms with Crippen LogP contribution in [0.15, 0.2) is 83.9 Å². The molecule has 0 saturated heterocycles. The molecular weight excluding hydrogens is 629 g/mol. The summed E-state index contributed by atoms with van der Waals surface area (Å²) in [5.41, 5.74) is 5.21. The number of unbranched alkanes of at least 4 members (excludes halogenated alkanes) is 1. The lowest BCUT2D eigenvalue weighted by atomic mass is 10.0. The average molecular weight is 669 g/mol. The molecule has 4 N–H and O–H groups in total. The van der Waals surface area contributed by atoms with Gasteiger partial charge in [0.15, 0.2) is 0 Å². The fourth-order valence-corrected chi connectivity index (χ4v) is 6.76. The van der Waals surface area contributed by atoms with E-state index in [-0.39, 0.29) is 4.90 Å². The van der Waals surface area contributed by atoms with Crippen molar-refractivity contribution < 1.29 is 17.9 Å². The van der Waals surface area contributed by atoms with Crippen LogP contribution in [-0.4, -0.2) is 60.3 Å². The first kappa shape index (κ1) is 32.8. The third-order valence-corrected chi connectivity index (χ3v) is 9.72. The maximum Gasteiger partial charge on any atom is 0.328 e. The number of nitrogens with zero attached hydrogens (tertiary/aromatic N) is 4. The zero-order valence-corrected chi connectivity index (χ0v) is 27.9. The van der Waals surface area contributed by atoms with Crippen LogP contribution in [0, 0.1) is 6.92 Å². The van der Waals surface area contributed by atoms with Crippen molar-refractivity contribution in [2.75, 3.05) is 30.8 Å². The number of sulfonamides is 1. The molecule has 2 aromatic carbocycles. The van der Waals surface area contributed by atoms with Gasteiger partial charge in [0.2, 0.25) is 5.95 Å². The van der Waals surface area contributed by atoms with Gasteiger partial charge >= 0.3 is 6.03 Å². The second kappa shape index (κ2) is 14.7. The van der Waals surface area contributed by atoms with Gasteiger partial charge in [-0.3, -0.25) is 0 Å². The van der Waals surface area contributed by atoms with Crippen LogP contribution in [0.1, 0.15) is 44.1 Å². The van der Waals surface area contributed by atoms with Crippen LogP contribution in [-0.2, 0) is 10.0 Å². The van der Waals surface area contributed by atoms with E-state index in [9.17, 15) is 13.2 Å². The number of ether oxygens (including phenoxy) is 1. The lowest BCUT2D eigenvalue weighted by molar-refractivity contribution is 0.245. The summed E-state index contributed by atoms with van der Waals surface area (Å²) in [7, 11) is -2.29. The van der Waals surface area contributed by atoms with E-state index in [4.69, 9.17) is 14.8 Å². The number of fused-ring (bicyclic) bond motifs is 1. The molecule has 0 unspecified atom stereocenters. The van der Waals surface area contributed by atoms with Crippen molar-refractivity contribution in [3.8, 4) is 28.3 Å². The Morgan fingerprint density at radius 1 is 0.958 bits per heavy atom. The molecule has 12 nitrogen and oxygen atoms in total. The molecule has 0 bridgehead atoms. The summed E-state index contributed by atoms with van der Waals surface area (Å²) in [4.78, 5) is 21.7. The molecule has 6 rings (SSSR count). The summed E-state index contributed by atoms with van der Waals surface area (Å²) < 4.78 is 34.3. The Labute approximate surface area is 280 Å². The van der Waals surface area contributed by atoms with E-state index in [2.05, 4.69) is 25.7 Å². The lowest BCUT2D eigenvalue weighted by Gasteiger charge is -2.12. The van der Waals surface area contributed by atoms with Gasteiger partial charge in [-0.05, 0) is 87.2 Å². The lowest BCUT2D eigenvalue weighted by Crippen LogP contribution is -2.39. The number of rotatable bonds is 13. The molecule has 1 saturated carbocycles. The highest BCUT2D eigenvalue weighted by molar-refractivity contribution is 7.90. The number of amides is 2. The molecule has 5 aromatic rings. The highest BCUT2D eigenvalue weighted by atomic mass is 32.2. The Morgan fingerprint density at radius 3 is 2.46 bits per heavy atom. The predicted octanol–water partition coefficient (Wildman–Crippen LogP) is 6.01. The van der Waals surface area contributed by atoms with Crippen molar-refractivity contribution in [1.82, 2.24) is 29.6 Å². The third kappa shape index (κ3) is 7.68. The van der Waals surface area contributed by atoms with E-state index in [0.29, 0.717) is 31.5 Å². The summed E-state index contributed by atoms with van der Waals surface area (Å²) >= 11 is 0. The standard InChI is InChI=1S/C35H40N8O4S/c1-24-12-18-28(19-13-24)48(45,46)42-35(44)38-22-6-5-21-36-31-11-7-10-30-32(29-20-23-37-34(40-29)39-26-8-3-4-9-26)33(41-43(30)31)25-14-16-27(47-2)17-15-25/h7,10-20,23,26,36H,3-6,8-9,21-22H2,1-2H3,(H,37,39,40)(H2,38,42,44). The van der Waals surface area contributed by atoms with Crippen molar-refractivity contribution in [3.63, 3.8) is 0 Å². The average Bonchev–Trinajstić information content (AvgIpc) is 3.75. The largest absolute Gasteiger partial charge is 0.497 e. The Bertz CT molecular complexity index is 1970. The van der Waals surface area contributed by atoms with Crippen molar-refractivity contribution in [2.24, 2.45) is 0 Å².